The van der Waals surface area contributed by atoms with Gasteiger partial charge >= 0.3 is 0 Å². The van der Waals surface area contributed by atoms with Crippen molar-refractivity contribution in [2.75, 3.05) is 19.6 Å². The fourth-order valence-electron chi connectivity index (χ4n) is 1.86. The molecule has 2 N–H and O–H groups in total. The Labute approximate surface area is 102 Å². The molecule has 0 bridgehead atoms. The van der Waals surface area contributed by atoms with Crippen LogP contribution in [0.3, 0.4) is 0 Å². The van der Waals surface area contributed by atoms with Crippen LogP contribution >= 0.6 is 0 Å². The predicted octanol–water partition coefficient (Wildman–Crippen LogP) is 0.276. The molecule has 0 spiro atoms. The molecule has 5 heteroatoms. The smallest absolute Gasteiger partial charge is 0.224 e. The number of carbonyl (C=O) groups is 2. The second kappa shape index (κ2) is 7.27. The van der Waals surface area contributed by atoms with Crippen LogP contribution in [0.5, 0.6) is 0 Å². The molecule has 1 aliphatic rings. The minimum Gasteiger partial charge on any atom is -0.393 e. The van der Waals surface area contributed by atoms with Crippen LogP contribution in [0.4, 0.5) is 0 Å². The summed E-state index contributed by atoms with van der Waals surface area (Å²) in [5.74, 6) is 0.0263. The maximum atomic E-state index is 11.6. The van der Waals surface area contributed by atoms with Crippen LogP contribution in [0.25, 0.3) is 0 Å². The van der Waals surface area contributed by atoms with Crippen LogP contribution in [-0.4, -0.2) is 47.6 Å². The quantitative estimate of drug-likeness (QED) is 0.702. The SMILES string of the molecule is CC(O)CCC(=O)NCCC(=O)N1CCCC1. The topological polar surface area (TPSA) is 69.6 Å². The largest absolute Gasteiger partial charge is 0.393 e. The number of carbonyl (C=O) groups excluding carboxylic acids is 2. The first-order valence-electron chi connectivity index (χ1n) is 6.32. The molecule has 0 aromatic carbocycles. The number of hydrogen-bond acceptors (Lipinski definition) is 3. The van der Waals surface area contributed by atoms with Gasteiger partial charge in [-0.25, -0.2) is 0 Å². The monoisotopic (exact) mass is 242 g/mol. The van der Waals surface area contributed by atoms with E-state index in [0.717, 1.165) is 25.9 Å². The Kier molecular flexibility index (Phi) is 5.97. The van der Waals surface area contributed by atoms with Gasteiger partial charge in [-0.1, -0.05) is 0 Å². The van der Waals surface area contributed by atoms with Crippen LogP contribution < -0.4 is 5.32 Å². The van der Waals surface area contributed by atoms with E-state index >= 15 is 0 Å². The van der Waals surface area contributed by atoms with E-state index in [4.69, 9.17) is 5.11 Å². The first-order chi connectivity index (χ1) is 8.09. The standard InChI is InChI=1S/C12H22N2O3/c1-10(15)4-5-11(16)13-7-6-12(17)14-8-2-3-9-14/h10,15H,2-9H2,1H3,(H,13,16). The highest BCUT2D eigenvalue weighted by Gasteiger charge is 2.17. The molecule has 1 unspecified atom stereocenters. The van der Waals surface area contributed by atoms with Gasteiger partial charge in [0.15, 0.2) is 0 Å². The van der Waals surface area contributed by atoms with Crippen molar-refractivity contribution in [1.29, 1.82) is 0 Å². The summed E-state index contributed by atoms with van der Waals surface area (Å²) < 4.78 is 0. The van der Waals surface area contributed by atoms with Crippen molar-refractivity contribution in [2.24, 2.45) is 0 Å². The molecule has 1 heterocycles. The summed E-state index contributed by atoms with van der Waals surface area (Å²) in [4.78, 5) is 24.8. The average molecular weight is 242 g/mol. The number of amides is 2. The van der Waals surface area contributed by atoms with Crippen molar-refractivity contribution < 1.29 is 14.7 Å². The Bertz CT molecular complexity index is 260. The van der Waals surface area contributed by atoms with E-state index in [1.165, 1.54) is 0 Å². The fourth-order valence-corrected chi connectivity index (χ4v) is 1.86. The number of rotatable bonds is 6. The molecule has 1 rings (SSSR count). The highest BCUT2D eigenvalue weighted by Crippen LogP contribution is 2.08. The number of nitrogens with one attached hydrogen (secondary N) is 1. The minimum absolute atomic E-state index is 0.0971. The molecular formula is C12H22N2O3. The van der Waals surface area contributed by atoms with E-state index < -0.39 is 6.10 Å². The van der Waals surface area contributed by atoms with Crippen LogP contribution in [-0.2, 0) is 9.59 Å². The Balaban J connectivity index is 2.06. The maximum Gasteiger partial charge on any atom is 0.224 e. The molecule has 1 saturated heterocycles. The second-order valence-electron chi connectivity index (χ2n) is 4.58. The van der Waals surface area contributed by atoms with E-state index in [2.05, 4.69) is 5.32 Å². The van der Waals surface area contributed by atoms with Crippen molar-refractivity contribution in [1.82, 2.24) is 10.2 Å². The van der Waals surface area contributed by atoms with E-state index in [-0.39, 0.29) is 11.8 Å². The predicted molar refractivity (Wildman–Crippen MR) is 64.4 cm³/mol. The van der Waals surface area contributed by atoms with E-state index in [1.807, 2.05) is 4.90 Å². The zero-order chi connectivity index (χ0) is 12.7. The Morgan fingerprint density at radius 1 is 1.29 bits per heavy atom. The number of aliphatic hydroxyl groups is 1. The van der Waals surface area contributed by atoms with Crippen molar-refractivity contribution in [3.05, 3.63) is 0 Å². The zero-order valence-electron chi connectivity index (χ0n) is 10.4. The number of hydrogen-bond donors (Lipinski definition) is 2. The van der Waals surface area contributed by atoms with Gasteiger partial charge in [0.05, 0.1) is 6.10 Å². The van der Waals surface area contributed by atoms with Gasteiger partial charge in [-0.3, -0.25) is 9.59 Å². The summed E-state index contributed by atoms with van der Waals surface area (Å²) in [6.07, 6.45) is 2.88. The lowest BCUT2D eigenvalue weighted by atomic mass is 10.2. The zero-order valence-corrected chi connectivity index (χ0v) is 10.4. The molecule has 0 saturated carbocycles. The Morgan fingerprint density at radius 3 is 2.53 bits per heavy atom. The van der Waals surface area contributed by atoms with Gasteiger partial charge < -0.3 is 15.3 Å². The van der Waals surface area contributed by atoms with Crippen molar-refractivity contribution in [2.45, 2.75) is 45.1 Å². The van der Waals surface area contributed by atoms with Gasteiger partial charge in [-0.2, -0.15) is 0 Å². The molecule has 1 fully saturated rings. The summed E-state index contributed by atoms with van der Waals surface area (Å²) in [7, 11) is 0. The van der Waals surface area contributed by atoms with Gasteiger partial charge in [0.2, 0.25) is 11.8 Å². The van der Waals surface area contributed by atoms with Gasteiger partial charge in [0, 0.05) is 32.5 Å². The third kappa shape index (κ3) is 5.68. The molecule has 0 aromatic heterocycles. The van der Waals surface area contributed by atoms with E-state index in [0.29, 0.717) is 25.8 Å². The van der Waals surface area contributed by atoms with Crippen LogP contribution in [0, 0.1) is 0 Å². The first kappa shape index (κ1) is 14.0. The molecule has 2 amide bonds. The van der Waals surface area contributed by atoms with E-state index in [1.54, 1.807) is 6.92 Å². The number of likely N-dealkylation sites (tertiary alicyclic amines) is 1. The fraction of sp³-hybridized carbons (Fsp3) is 0.833. The minimum atomic E-state index is -0.452. The normalized spacial score (nSPS) is 16.9. The van der Waals surface area contributed by atoms with Crippen molar-refractivity contribution in [3.63, 3.8) is 0 Å². The first-order valence-corrected chi connectivity index (χ1v) is 6.32. The van der Waals surface area contributed by atoms with Gasteiger partial charge in [0.25, 0.3) is 0 Å². The molecular weight excluding hydrogens is 220 g/mol. The lowest BCUT2D eigenvalue weighted by Crippen LogP contribution is -2.32. The summed E-state index contributed by atoms with van der Waals surface area (Å²) in [5, 5.41) is 11.7. The number of aliphatic hydroxyl groups excluding tert-OH is 1. The third-order valence-electron chi connectivity index (χ3n) is 2.91. The summed E-state index contributed by atoms with van der Waals surface area (Å²) in [6.45, 7) is 3.77. The molecule has 17 heavy (non-hydrogen) atoms. The van der Waals surface area contributed by atoms with Crippen molar-refractivity contribution >= 4 is 11.8 Å². The average Bonchev–Trinajstić information content (AvgIpc) is 2.79. The highest BCUT2D eigenvalue weighted by atomic mass is 16.3. The highest BCUT2D eigenvalue weighted by molar-refractivity contribution is 5.79. The van der Waals surface area contributed by atoms with Crippen LogP contribution in [0.15, 0.2) is 0 Å². The Hall–Kier alpha value is -1.10. The number of nitrogens with zero attached hydrogens (tertiary/aromatic N) is 1. The lowest BCUT2D eigenvalue weighted by Gasteiger charge is -2.15. The molecule has 5 nitrogen and oxygen atoms in total. The molecule has 1 aliphatic heterocycles. The summed E-state index contributed by atoms with van der Waals surface area (Å²) in [5.41, 5.74) is 0. The Morgan fingerprint density at radius 2 is 1.94 bits per heavy atom. The van der Waals surface area contributed by atoms with Crippen LogP contribution in [0.1, 0.15) is 39.0 Å². The van der Waals surface area contributed by atoms with E-state index in [9.17, 15) is 9.59 Å². The summed E-state index contributed by atoms with van der Waals surface area (Å²) in [6, 6.07) is 0. The molecule has 0 aliphatic carbocycles. The van der Waals surface area contributed by atoms with Gasteiger partial charge in [-0.15, -0.1) is 0 Å². The second-order valence-corrected chi connectivity index (χ2v) is 4.58. The molecule has 1 atom stereocenters. The van der Waals surface area contributed by atoms with Crippen molar-refractivity contribution in [3.8, 4) is 0 Å². The molecule has 0 aromatic rings. The van der Waals surface area contributed by atoms with Gasteiger partial charge in [0.1, 0.15) is 0 Å². The third-order valence-corrected chi connectivity index (χ3v) is 2.91. The molecule has 98 valence electrons. The maximum absolute atomic E-state index is 11.6. The van der Waals surface area contributed by atoms with Crippen LogP contribution in [0.2, 0.25) is 0 Å². The molecule has 0 radical (unpaired) electrons. The summed E-state index contributed by atoms with van der Waals surface area (Å²) >= 11 is 0. The lowest BCUT2D eigenvalue weighted by molar-refractivity contribution is -0.130. The van der Waals surface area contributed by atoms with Gasteiger partial charge in [-0.05, 0) is 26.2 Å².